The minimum Gasteiger partial charge on any atom is -0.378 e. The van der Waals surface area contributed by atoms with E-state index in [4.69, 9.17) is 4.74 Å². The summed E-state index contributed by atoms with van der Waals surface area (Å²) in [6.07, 6.45) is 2.21. The van der Waals surface area contributed by atoms with Crippen molar-refractivity contribution in [1.82, 2.24) is 19.8 Å². The van der Waals surface area contributed by atoms with Gasteiger partial charge >= 0.3 is 0 Å². The number of anilines is 1. The zero-order chi connectivity index (χ0) is 20.9. The molecule has 1 N–H and O–H groups in total. The number of para-hydroxylation sites is 2. The van der Waals surface area contributed by atoms with Crippen molar-refractivity contribution in [2.24, 2.45) is 0 Å². The highest BCUT2D eigenvalue weighted by molar-refractivity contribution is 5.85. The molecule has 2 aliphatic heterocycles. The molecule has 1 aromatic heterocycles. The Labute approximate surface area is 174 Å². The van der Waals surface area contributed by atoms with Crippen molar-refractivity contribution in [1.29, 1.82) is 0 Å². The fourth-order valence-corrected chi connectivity index (χ4v) is 3.94. The molecule has 0 radical (unpaired) electrons. The SMILES string of the molecule is O=C(CCn1c(=O)c(N2CCCC2)nc2ccccc21)NCC(=O)N1CCOCC1. The lowest BCUT2D eigenvalue weighted by Crippen LogP contribution is -2.45. The van der Waals surface area contributed by atoms with E-state index in [1.54, 1.807) is 9.47 Å². The van der Waals surface area contributed by atoms with E-state index in [0.717, 1.165) is 31.4 Å². The van der Waals surface area contributed by atoms with Gasteiger partial charge in [0.1, 0.15) is 0 Å². The molecule has 9 heteroatoms. The van der Waals surface area contributed by atoms with Crippen molar-refractivity contribution in [2.45, 2.75) is 25.8 Å². The van der Waals surface area contributed by atoms with E-state index in [1.807, 2.05) is 29.2 Å². The monoisotopic (exact) mass is 413 g/mol. The molecule has 3 heterocycles. The molecule has 1 aromatic carbocycles. The van der Waals surface area contributed by atoms with Crippen molar-refractivity contribution in [3.05, 3.63) is 34.6 Å². The van der Waals surface area contributed by atoms with Crippen molar-refractivity contribution in [3.63, 3.8) is 0 Å². The number of ether oxygens (including phenoxy) is 1. The van der Waals surface area contributed by atoms with Crippen LogP contribution in [-0.2, 0) is 20.9 Å². The number of aryl methyl sites for hydroxylation is 1. The molecule has 2 aromatic rings. The molecule has 0 saturated carbocycles. The Morgan fingerprint density at radius 1 is 1.07 bits per heavy atom. The summed E-state index contributed by atoms with van der Waals surface area (Å²) in [7, 11) is 0. The topological polar surface area (TPSA) is 96.8 Å². The van der Waals surface area contributed by atoms with E-state index in [9.17, 15) is 14.4 Å². The van der Waals surface area contributed by atoms with Crippen LogP contribution in [0.3, 0.4) is 0 Å². The second kappa shape index (κ2) is 9.25. The zero-order valence-electron chi connectivity index (χ0n) is 17.0. The third-order valence-corrected chi connectivity index (χ3v) is 5.60. The van der Waals surface area contributed by atoms with Crippen molar-refractivity contribution >= 4 is 28.7 Å². The molecule has 30 heavy (non-hydrogen) atoms. The van der Waals surface area contributed by atoms with E-state index in [1.165, 1.54) is 0 Å². The highest BCUT2D eigenvalue weighted by Crippen LogP contribution is 2.18. The van der Waals surface area contributed by atoms with Crippen LogP contribution in [0, 0.1) is 0 Å². The number of carbonyl (C=O) groups is 2. The summed E-state index contributed by atoms with van der Waals surface area (Å²) in [5, 5.41) is 2.67. The third kappa shape index (κ3) is 4.46. The number of hydrogen-bond acceptors (Lipinski definition) is 6. The molecule has 2 amide bonds. The van der Waals surface area contributed by atoms with E-state index < -0.39 is 0 Å². The number of hydrogen-bond donors (Lipinski definition) is 1. The average molecular weight is 413 g/mol. The van der Waals surface area contributed by atoms with Crippen molar-refractivity contribution in [3.8, 4) is 0 Å². The smallest absolute Gasteiger partial charge is 0.294 e. The number of carbonyl (C=O) groups excluding carboxylic acids is 2. The second-order valence-electron chi connectivity index (χ2n) is 7.59. The summed E-state index contributed by atoms with van der Waals surface area (Å²) in [6.45, 7) is 3.99. The van der Waals surface area contributed by atoms with E-state index in [2.05, 4.69) is 10.3 Å². The van der Waals surface area contributed by atoms with Gasteiger partial charge in [-0.2, -0.15) is 0 Å². The summed E-state index contributed by atoms with van der Waals surface area (Å²) in [5.41, 5.74) is 1.28. The molecule has 0 unspecified atom stereocenters. The van der Waals surface area contributed by atoms with Crippen LogP contribution in [0.15, 0.2) is 29.1 Å². The third-order valence-electron chi connectivity index (χ3n) is 5.60. The van der Waals surface area contributed by atoms with Crippen molar-refractivity contribution in [2.75, 3.05) is 50.8 Å². The van der Waals surface area contributed by atoms with Crippen LogP contribution < -0.4 is 15.8 Å². The Morgan fingerprint density at radius 2 is 1.80 bits per heavy atom. The summed E-state index contributed by atoms with van der Waals surface area (Å²) in [5.74, 6) is 0.0794. The van der Waals surface area contributed by atoms with Gasteiger partial charge in [0.05, 0.1) is 30.8 Å². The molecule has 0 bridgehead atoms. The van der Waals surface area contributed by atoms with Crippen LogP contribution in [-0.4, -0.2) is 72.2 Å². The molecule has 9 nitrogen and oxygen atoms in total. The first-order valence-electron chi connectivity index (χ1n) is 10.5. The van der Waals surface area contributed by atoms with Gasteiger partial charge < -0.3 is 24.4 Å². The van der Waals surface area contributed by atoms with Gasteiger partial charge in [0, 0.05) is 39.1 Å². The molecule has 2 fully saturated rings. The molecule has 0 aliphatic carbocycles. The molecule has 2 saturated heterocycles. The van der Waals surface area contributed by atoms with Gasteiger partial charge in [-0.3, -0.25) is 14.4 Å². The van der Waals surface area contributed by atoms with Gasteiger partial charge in [-0.15, -0.1) is 0 Å². The second-order valence-corrected chi connectivity index (χ2v) is 7.59. The maximum Gasteiger partial charge on any atom is 0.294 e. The van der Waals surface area contributed by atoms with Crippen LogP contribution in [0.25, 0.3) is 11.0 Å². The molecule has 0 atom stereocenters. The Morgan fingerprint density at radius 3 is 2.57 bits per heavy atom. The number of nitrogens with zero attached hydrogens (tertiary/aromatic N) is 4. The fourth-order valence-electron chi connectivity index (χ4n) is 3.94. The first kappa shape index (κ1) is 20.3. The summed E-state index contributed by atoms with van der Waals surface area (Å²) >= 11 is 0. The normalized spacial score (nSPS) is 16.8. The van der Waals surface area contributed by atoms with Crippen LogP contribution in [0.1, 0.15) is 19.3 Å². The van der Waals surface area contributed by atoms with Gasteiger partial charge in [-0.25, -0.2) is 4.98 Å². The minimum absolute atomic E-state index is 0.0378. The van der Waals surface area contributed by atoms with Gasteiger partial charge in [-0.05, 0) is 25.0 Å². The van der Waals surface area contributed by atoms with Gasteiger partial charge in [0.25, 0.3) is 5.56 Å². The molecule has 4 rings (SSSR count). The van der Waals surface area contributed by atoms with Crippen LogP contribution in [0.2, 0.25) is 0 Å². The summed E-state index contributed by atoms with van der Waals surface area (Å²) in [4.78, 5) is 45.9. The quantitative estimate of drug-likeness (QED) is 0.735. The highest BCUT2D eigenvalue weighted by Gasteiger charge is 2.21. The predicted octanol–water partition coefficient (Wildman–Crippen LogP) is 0.362. The van der Waals surface area contributed by atoms with Gasteiger partial charge in [0.2, 0.25) is 11.8 Å². The lowest BCUT2D eigenvalue weighted by molar-refractivity contribution is -0.136. The molecular formula is C21H27N5O4. The Kier molecular flexibility index (Phi) is 6.27. The highest BCUT2D eigenvalue weighted by atomic mass is 16.5. The largest absolute Gasteiger partial charge is 0.378 e. The number of fused-ring (bicyclic) bond motifs is 1. The molecule has 2 aliphatic rings. The lowest BCUT2D eigenvalue weighted by atomic mass is 10.2. The summed E-state index contributed by atoms with van der Waals surface area (Å²) in [6, 6.07) is 7.47. The standard InChI is InChI=1S/C21H27N5O4/c27-18(22-15-19(28)24-11-13-30-14-12-24)7-10-26-17-6-2-1-5-16(17)23-20(21(26)29)25-8-3-4-9-25/h1-2,5-6H,3-4,7-15H2,(H,22,27). The average Bonchev–Trinajstić information content (AvgIpc) is 3.31. The van der Waals surface area contributed by atoms with Crippen LogP contribution in [0.4, 0.5) is 5.82 Å². The Bertz CT molecular complexity index is 977. The zero-order valence-corrected chi connectivity index (χ0v) is 17.0. The number of amides is 2. The first-order valence-corrected chi connectivity index (χ1v) is 10.5. The lowest BCUT2D eigenvalue weighted by Gasteiger charge is -2.26. The number of rotatable bonds is 6. The Hall–Kier alpha value is -2.94. The molecule has 0 spiro atoms. The van der Waals surface area contributed by atoms with Crippen LogP contribution >= 0.6 is 0 Å². The van der Waals surface area contributed by atoms with E-state index in [0.29, 0.717) is 37.6 Å². The number of morpholine rings is 1. The number of benzene rings is 1. The molecule has 160 valence electrons. The van der Waals surface area contributed by atoms with E-state index in [-0.39, 0.29) is 36.9 Å². The molecular weight excluding hydrogens is 386 g/mol. The fraction of sp³-hybridized carbons (Fsp3) is 0.524. The predicted molar refractivity (Wildman–Crippen MR) is 112 cm³/mol. The van der Waals surface area contributed by atoms with Crippen LogP contribution in [0.5, 0.6) is 0 Å². The first-order chi connectivity index (χ1) is 14.6. The summed E-state index contributed by atoms with van der Waals surface area (Å²) < 4.78 is 6.86. The maximum atomic E-state index is 13.1. The van der Waals surface area contributed by atoms with Gasteiger partial charge in [0.15, 0.2) is 5.82 Å². The maximum absolute atomic E-state index is 13.1. The van der Waals surface area contributed by atoms with Gasteiger partial charge in [-0.1, -0.05) is 12.1 Å². The Balaban J connectivity index is 1.44. The minimum atomic E-state index is -0.257. The number of aromatic nitrogens is 2. The van der Waals surface area contributed by atoms with Crippen molar-refractivity contribution < 1.29 is 14.3 Å². The van der Waals surface area contributed by atoms with E-state index >= 15 is 0 Å². The number of nitrogens with one attached hydrogen (secondary N) is 1.